The normalized spacial score (nSPS) is 18.2. The van der Waals surface area contributed by atoms with Crippen LogP contribution in [0.5, 0.6) is 28.9 Å². The number of rotatable bonds is 21. The summed E-state index contributed by atoms with van der Waals surface area (Å²) in [5, 5.41) is 14.9. The zero-order valence-electron chi connectivity index (χ0n) is 64.4. The second-order valence-electron chi connectivity index (χ2n) is 29.3. The van der Waals surface area contributed by atoms with E-state index in [1.807, 2.05) is 137 Å². The Kier molecular flexibility index (Phi) is 24.8. The molecule has 115 heavy (non-hydrogen) atoms. The molecule has 4 saturated heterocycles. The first-order valence-corrected chi connectivity index (χ1v) is 38.0. The smallest absolute Gasteiger partial charge is 0.286 e. The maximum Gasteiger partial charge on any atom is 0.286 e. The highest BCUT2D eigenvalue weighted by molar-refractivity contribution is 5.93. The zero-order valence-corrected chi connectivity index (χ0v) is 64.4. The van der Waals surface area contributed by atoms with Crippen LogP contribution in [0.3, 0.4) is 0 Å². The van der Waals surface area contributed by atoms with E-state index < -0.39 is 24.4 Å². The van der Waals surface area contributed by atoms with Crippen LogP contribution in [0.25, 0.3) is 88.2 Å². The lowest BCUT2D eigenvalue weighted by atomic mass is 10.0. The summed E-state index contributed by atoms with van der Waals surface area (Å²) in [7, 11) is 0. The van der Waals surface area contributed by atoms with Crippen LogP contribution in [0.2, 0.25) is 0 Å². The Morgan fingerprint density at radius 1 is 0.365 bits per heavy atom. The van der Waals surface area contributed by atoms with E-state index in [1.165, 1.54) is 38.4 Å². The van der Waals surface area contributed by atoms with Crippen LogP contribution in [0.1, 0.15) is 104 Å². The second-order valence-corrected chi connectivity index (χ2v) is 29.3. The molecule has 12 heterocycles. The molecule has 8 aromatic heterocycles. The fraction of sp³-hybridized carbons (Fsp3) is 0.318. The van der Waals surface area contributed by atoms with Gasteiger partial charge in [0.25, 0.3) is 11.8 Å². The molecule has 2 unspecified atom stereocenters. The Morgan fingerprint density at radius 3 is 1.01 bits per heavy atom. The molecule has 4 fully saturated rings. The van der Waals surface area contributed by atoms with Crippen molar-refractivity contribution in [3.63, 3.8) is 0 Å². The van der Waals surface area contributed by atoms with E-state index in [1.54, 1.807) is 61.4 Å². The Balaban J connectivity index is 0.000000134. The maximum absolute atomic E-state index is 13.5. The lowest BCUT2D eigenvalue weighted by molar-refractivity contribution is -0.120. The van der Waals surface area contributed by atoms with Gasteiger partial charge in [-0.15, -0.1) is 0 Å². The number of aromatic nitrogens is 8. The third-order valence-electron chi connectivity index (χ3n) is 20.7. The molecule has 4 aliphatic rings. The molecule has 0 radical (unpaired) electrons. The number of amides is 4. The highest BCUT2D eigenvalue weighted by Gasteiger charge is 2.34. The molecule has 4 aliphatic heterocycles. The lowest BCUT2D eigenvalue weighted by Crippen LogP contribution is -2.25. The predicted molar refractivity (Wildman–Crippen MR) is 425 cm³/mol. The van der Waals surface area contributed by atoms with Gasteiger partial charge in [0.2, 0.25) is 35.9 Å². The minimum absolute atomic E-state index is 0.0303. The van der Waals surface area contributed by atoms with Gasteiger partial charge in [0.1, 0.15) is 59.3 Å². The molecule has 16 rings (SSSR count). The quantitative estimate of drug-likeness (QED) is 0.0487. The van der Waals surface area contributed by atoms with Crippen molar-refractivity contribution in [3.05, 3.63) is 212 Å². The number of carbonyl (C=O) groups excluding carboxylic acids is 4. The number of hydrogen-bond donors (Lipinski definition) is 4. The molecular formula is C88H86F6N12O9. The molecule has 0 saturated carbocycles. The van der Waals surface area contributed by atoms with Gasteiger partial charge in [-0.3, -0.25) is 54.1 Å². The number of ether oxygens (including phenoxy) is 5. The van der Waals surface area contributed by atoms with E-state index >= 15 is 0 Å². The molecule has 10 atom stereocenters. The van der Waals surface area contributed by atoms with Crippen LogP contribution in [0.15, 0.2) is 195 Å². The van der Waals surface area contributed by atoms with Gasteiger partial charge in [-0.1, -0.05) is 12.1 Å². The van der Waals surface area contributed by atoms with Crippen molar-refractivity contribution in [3.8, 4) is 73.5 Å². The van der Waals surface area contributed by atoms with Crippen LogP contribution in [-0.2, 0) is 31.0 Å². The van der Waals surface area contributed by atoms with Crippen molar-refractivity contribution in [2.24, 2.45) is 23.7 Å². The van der Waals surface area contributed by atoms with Gasteiger partial charge in [0.05, 0.1) is 33.5 Å². The fourth-order valence-corrected chi connectivity index (χ4v) is 13.9. The van der Waals surface area contributed by atoms with E-state index in [9.17, 15) is 45.5 Å². The van der Waals surface area contributed by atoms with Gasteiger partial charge in [-0.05, 0) is 179 Å². The average Bonchev–Trinajstić information content (AvgIpc) is 1.72. The third-order valence-corrected chi connectivity index (χ3v) is 20.7. The van der Waals surface area contributed by atoms with Crippen molar-refractivity contribution < 1.29 is 69.2 Å². The average molecular weight is 1570 g/mol. The minimum Gasteiger partial charge on any atom is -0.490 e. The summed E-state index contributed by atoms with van der Waals surface area (Å²) < 4.78 is 110. The molecule has 4 amide bonds. The number of halogens is 6. The number of pyridine rings is 8. The summed E-state index contributed by atoms with van der Waals surface area (Å²) in [6.45, 7) is 14.7. The van der Waals surface area contributed by atoms with Crippen LogP contribution in [0.4, 0.5) is 26.3 Å². The molecule has 4 aromatic carbocycles. The van der Waals surface area contributed by atoms with Crippen LogP contribution in [0, 0.1) is 23.7 Å². The highest BCUT2D eigenvalue weighted by atomic mass is 19.3. The van der Waals surface area contributed by atoms with E-state index in [2.05, 4.69) is 61.1 Å². The summed E-state index contributed by atoms with van der Waals surface area (Å²) in [5.41, 5.74) is 9.31. The standard InChI is InChI=1S/2C22H21F2N3O2.C22H22FN3O3.C22H22FN3O2/c1-13(15-10-21(28)27-11-15)29-20-9-14(8-19-17(20)4-3-7-25-19)18-6-5-16(12-26-18)22(2,23)24;1-13(16-10-21(28)27-12-16)29-19-9-15(8-18-17(19)4-3-7-25-18)14-5-6-20(26-11-14)22(2,23)24;1-13(17-10-21(27)25-12-17)28-20-9-16(8-19-18(20)4-3-7-24-19)15-5-6-22(26-11-15)29-14(2)23;1-13(23)19-6-5-15(11-25-19)16-8-20-18(4-3-7-24-20)21(9-16)28-14(2)17-10-22(27)26-12-17/h3-9,12-13,15H,10-11H2,1-2H3,(H,27,28);3-9,11,13,16H,10,12H2,1-2H3,(H,27,28);3-9,11,13-14,17H,10,12H2,1-2H3,(H,25,27);3-9,11,13-14,17H,10,12H2,1-2H3,(H,26,27)/t13-,15-;13-,16-;13-,14?,17-;13?,14-,17-/m1111/s1. The number of fused-ring (bicyclic) bond motifs is 4. The molecular weight excluding hydrogens is 1480 g/mol. The molecule has 21 nitrogen and oxygen atoms in total. The molecule has 594 valence electrons. The topological polar surface area (TPSA) is 266 Å². The summed E-state index contributed by atoms with van der Waals surface area (Å²) in [6.07, 6.45) is 11.5. The molecule has 4 N–H and O–H groups in total. The Labute approximate surface area is 659 Å². The van der Waals surface area contributed by atoms with Gasteiger partial charge >= 0.3 is 0 Å². The van der Waals surface area contributed by atoms with Gasteiger partial charge in [-0.2, -0.15) is 8.78 Å². The molecule has 0 aliphatic carbocycles. The van der Waals surface area contributed by atoms with Crippen molar-refractivity contribution >= 4 is 67.2 Å². The zero-order chi connectivity index (χ0) is 81.2. The van der Waals surface area contributed by atoms with Gasteiger partial charge in [-0.25, -0.2) is 22.5 Å². The van der Waals surface area contributed by atoms with Gasteiger partial charge in [0, 0.05) is 201 Å². The third kappa shape index (κ3) is 20.2. The van der Waals surface area contributed by atoms with E-state index in [0.29, 0.717) is 86.1 Å². The van der Waals surface area contributed by atoms with Crippen LogP contribution in [-0.4, -0.2) is 120 Å². The highest BCUT2D eigenvalue weighted by Crippen LogP contribution is 2.40. The largest absolute Gasteiger partial charge is 0.490 e. The van der Waals surface area contributed by atoms with Crippen molar-refractivity contribution in [1.29, 1.82) is 0 Å². The molecule has 27 heteroatoms. The second kappa shape index (κ2) is 35.3. The fourth-order valence-electron chi connectivity index (χ4n) is 13.9. The number of carbonyl (C=O) groups is 4. The predicted octanol–water partition coefficient (Wildman–Crippen LogP) is 16.7. The monoisotopic (exact) mass is 1570 g/mol. The number of nitrogens with zero attached hydrogens (tertiary/aromatic N) is 8. The number of nitrogens with one attached hydrogen (secondary N) is 4. The summed E-state index contributed by atoms with van der Waals surface area (Å²) in [6, 6.07) is 43.4. The maximum atomic E-state index is 13.5. The first kappa shape index (κ1) is 80.6. The van der Waals surface area contributed by atoms with Crippen molar-refractivity contribution in [2.45, 2.75) is 130 Å². The van der Waals surface area contributed by atoms with E-state index in [4.69, 9.17) is 23.7 Å². The van der Waals surface area contributed by atoms with Crippen molar-refractivity contribution in [1.82, 2.24) is 61.1 Å². The van der Waals surface area contributed by atoms with Gasteiger partial charge in [0.15, 0.2) is 0 Å². The minimum atomic E-state index is -2.99. The molecule has 0 spiro atoms. The first-order chi connectivity index (χ1) is 55.1. The first-order valence-electron chi connectivity index (χ1n) is 38.0. The van der Waals surface area contributed by atoms with Crippen molar-refractivity contribution in [2.75, 3.05) is 26.2 Å². The van der Waals surface area contributed by atoms with Crippen LogP contribution < -0.4 is 45.0 Å². The number of benzene rings is 4. The Hall–Kier alpha value is -12.4. The number of alkyl halides is 6. The van der Waals surface area contributed by atoms with E-state index in [0.717, 1.165) is 96.6 Å². The van der Waals surface area contributed by atoms with Gasteiger partial charge < -0.3 is 45.0 Å². The Bertz CT molecular complexity index is 5300. The molecule has 0 bridgehead atoms. The number of hydrogen-bond acceptors (Lipinski definition) is 17. The van der Waals surface area contributed by atoms with Crippen LogP contribution >= 0.6 is 0 Å². The van der Waals surface area contributed by atoms with E-state index in [-0.39, 0.29) is 88.9 Å². The summed E-state index contributed by atoms with van der Waals surface area (Å²) in [4.78, 5) is 80.4. The Morgan fingerprint density at radius 2 is 0.722 bits per heavy atom. The SMILES string of the molecule is CC(F)Oc1ccc(-c2cc(O[C@H](C)[C@H]3CNC(=O)C3)c3cccnc3c2)cn1.CC(F)c1ccc(-c2cc(O[C@H](C)[C@H]3CNC(=O)C3)c3cccnc3c2)cn1.C[C@@H](Oc1cc(-c2ccc(C(C)(F)F)cn2)cc2ncccc12)[C@H]1CNC(=O)C1.C[C@@H](Oc1cc(-c2ccc(C(C)(F)F)nc2)cc2ncccc12)[C@H]1CNC(=O)C1. The summed E-state index contributed by atoms with van der Waals surface area (Å²) >= 11 is 0. The summed E-state index contributed by atoms with van der Waals surface area (Å²) in [5.74, 6) is -2.39. The molecule has 12 aromatic rings. The lowest BCUT2D eigenvalue weighted by Gasteiger charge is -2.21.